The van der Waals surface area contributed by atoms with Gasteiger partial charge in [-0.05, 0) is 26.8 Å². The summed E-state index contributed by atoms with van der Waals surface area (Å²) >= 11 is 0. The van der Waals surface area contributed by atoms with E-state index in [2.05, 4.69) is 10.2 Å². The molecule has 0 aliphatic carbocycles. The van der Waals surface area contributed by atoms with E-state index in [0.29, 0.717) is 30.9 Å². The van der Waals surface area contributed by atoms with E-state index in [4.69, 9.17) is 5.73 Å². The number of likely N-dealkylation sites (N-methyl/N-ethyl adjacent to an activating group) is 1. The summed E-state index contributed by atoms with van der Waals surface area (Å²) in [5, 5.41) is 7.86. The van der Waals surface area contributed by atoms with Crippen LogP contribution in [-0.2, 0) is 0 Å². The van der Waals surface area contributed by atoms with E-state index in [9.17, 15) is 4.79 Å². The van der Waals surface area contributed by atoms with Gasteiger partial charge in [-0.3, -0.25) is 4.79 Å². The van der Waals surface area contributed by atoms with Crippen molar-refractivity contribution in [2.45, 2.75) is 20.8 Å². The fourth-order valence-electron chi connectivity index (χ4n) is 1.50. The van der Waals surface area contributed by atoms with Crippen molar-refractivity contribution in [3.05, 3.63) is 23.0 Å². The van der Waals surface area contributed by atoms with Gasteiger partial charge >= 0.3 is 0 Å². The number of rotatable bonds is 4. The second-order valence-corrected chi connectivity index (χ2v) is 3.66. The zero-order valence-corrected chi connectivity index (χ0v) is 10.0. The Morgan fingerprint density at radius 2 is 2.12 bits per heavy atom. The lowest BCUT2D eigenvalue weighted by Gasteiger charge is -2.20. The minimum atomic E-state index is -0.0246. The molecule has 16 heavy (non-hydrogen) atoms. The van der Waals surface area contributed by atoms with E-state index in [-0.39, 0.29) is 5.91 Å². The van der Waals surface area contributed by atoms with E-state index in [1.807, 2.05) is 13.8 Å². The van der Waals surface area contributed by atoms with Crippen molar-refractivity contribution in [2.24, 2.45) is 5.73 Å². The van der Waals surface area contributed by atoms with Crippen LogP contribution in [0.2, 0.25) is 0 Å². The maximum absolute atomic E-state index is 12.1. The highest BCUT2D eigenvalue weighted by molar-refractivity contribution is 5.95. The van der Waals surface area contributed by atoms with Gasteiger partial charge in [-0.25, -0.2) is 0 Å². The lowest BCUT2D eigenvalue weighted by molar-refractivity contribution is 0.0767. The van der Waals surface area contributed by atoms with Gasteiger partial charge < -0.3 is 10.6 Å². The molecule has 88 valence electrons. The molecule has 0 unspecified atom stereocenters. The highest BCUT2D eigenvalue weighted by atomic mass is 16.2. The first-order valence-electron chi connectivity index (χ1n) is 5.40. The molecule has 0 saturated carbocycles. The summed E-state index contributed by atoms with van der Waals surface area (Å²) in [6.07, 6.45) is 0. The van der Waals surface area contributed by atoms with E-state index in [1.165, 1.54) is 0 Å². The Labute approximate surface area is 95.7 Å². The van der Waals surface area contributed by atoms with Crippen LogP contribution in [0.3, 0.4) is 0 Å². The number of aryl methyl sites for hydroxylation is 2. The summed E-state index contributed by atoms with van der Waals surface area (Å²) in [6.45, 7) is 7.23. The van der Waals surface area contributed by atoms with Crippen LogP contribution >= 0.6 is 0 Å². The Kier molecular flexibility index (Phi) is 4.37. The molecule has 1 heterocycles. The molecule has 0 spiro atoms. The SMILES string of the molecule is CCN(CCN)C(=O)c1cc(C)nnc1C. The monoisotopic (exact) mass is 222 g/mol. The Morgan fingerprint density at radius 3 is 2.69 bits per heavy atom. The molecule has 0 fully saturated rings. The van der Waals surface area contributed by atoms with Crippen LogP contribution in [0.25, 0.3) is 0 Å². The van der Waals surface area contributed by atoms with Gasteiger partial charge in [0.2, 0.25) is 0 Å². The average Bonchev–Trinajstić information content (AvgIpc) is 2.28. The Hall–Kier alpha value is -1.49. The number of carbonyl (C=O) groups excluding carboxylic acids is 1. The molecule has 0 aliphatic rings. The molecule has 2 N–H and O–H groups in total. The molecule has 1 aromatic heterocycles. The van der Waals surface area contributed by atoms with Crippen LogP contribution in [0, 0.1) is 13.8 Å². The zero-order chi connectivity index (χ0) is 12.1. The van der Waals surface area contributed by atoms with Gasteiger partial charge in [0.05, 0.1) is 17.0 Å². The predicted molar refractivity (Wildman–Crippen MR) is 62.1 cm³/mol. The minimum absolute atomic E-state index is 0.0246. The summed E-state index contributed by atoms with van der Waals surface area (Å²) < 4.78 is 0. The maximum atomic E-state index is 12.1. The summed E-state index contributed by atoms with van der Waals surface area (Å²) in [4.78, 5) is 13.9. The second-order valence-electron chi connectivity index (χ2n) is 3.66. The van der Waals surface area contributed by atoms with E-state index in [0.717, 1.165) is 5.69 Å². The first-order chi connectivity index (χ1) is 7.60. The van der Waals surface area contributed by atoms with Crippen molar-refractivity contribution in [1.82, 2.24) is 15.1 Å². The van der Waals surface area contributed by atoms with Gasteiger partial charge in [-0.15, -0.1) is 0 Å². The van der Waals surface area contributed by atoms with Gasteiger partial charge in [0.15, 0.2) is 0 Å². The molecule has 0 saturated heterocycles. The normalized spacial score (nSPS) is 10.2. The topological polar surface area (TPSA) is 72.1 Å². The minimum Gasteiger partial charge on any atom is -0.338 e. The molecular weight excluding hydrogens is 204 g/mol. The number of hydrogen-bond donors (Lipinski definition) is 1. The molecule has 1 amide bonds. The average molecular weight is 222 g/mol. The van der Waals surface area contributed by atoms with Crippen molar-refractivity contribution in [2.75, 3.05) is 19.6 Å². The molecule has 5 nitrogen and oxygen atoms in total. The van der Waals surface area contributed by atoms with Crippen molar-refractivity contribution in [3.8, 4) is 0 Å². The smallest absolute Gasteiger partial charge is 0.255 e. The Morgan fingerprint density at radius 1 is 1.44 bits per heavy atom. The largest absolute Gasteiger partial charge is 0.338 e. The first kappa shape index (κ1) is 12.6. The first-order valence-corrected chi connectivity index (χ1v) is 5.40. The number of amides is 1. The highest BCUT2D eigenvalue weighted by Crippen LogP contribution is 2.09. The molecular formula is C11H18N4O. The molecule has 1 rings (SSSR count). The standard InChI is InChI=1S/C11H18N4O/c1-4-15(6-5-12)11(16)10-7-8(2)13-14-9(10)3/h7H,4-6,12H2,1-3H3. The Balaban J connectivity index is 2.98. The fraction of sp³-hybridized carbons (Fsp3) is 0.545. The van der Waals surface area contributed by atoms with E-state index < -0.39 is 0 Å². The molecule has 0 bridgehead atoms. The van der Waals surface area contributed by atoms with Crippen LogP contribution in [0.4, 0.5) is 0 Å². The van der Waals surface area contributed by atoms with Gasteiger partial charge in [0.25, 0.3) is 5.91 Å². The van der Waals surface area contributed by atoms with Gasteiger partial charge in [0.1, 0.15) is 0 Å². The highest BCUT2D eigenvalue weighted by Gasteiger charge is 2.16. The van der Waals surface area contributed by atoms with Crippen LogP contribution < -0.4 is 5.73 Å². The van der Waals surface area contributed by atoms with E-state index in [1.54, 1.807) is 17.9 Å². The van der Waals surface area contributed by atoms with Crippen LogP contribution in [0.15, 0.2) is 6.07 Å². The van der Waals surface area contributed by atoms with Gasteiger partial charge in [-0.2, -0.15) is 10.2 Å². The molecule has 0 atom stereocenters. The number of aromatic nitrogens is 2. The molecule has 5 heteroatoms. The summed E-state index contributed by atoms with van der Waals surface area (Å²) in [7, 11) is 0. The lowest BCUT2D eigenvalue weighted by Crippen LogP contribution is -2.35. The van der Waals surface area contributed by atoms with Crippen LogP contribution in [0.1, 0.15) is 28.7 Å². The number of hydrogen-bond acceptors (Lipinski definition) is 4. The molecule has 0 aromatic carbocycles. The van der Waals surface area contributed by atoms with Crippen molar-refractivity contribution in [1.29, 1.82) is 0 Å². The molecule has 0 radical (unpaired) electrons. The third-order valence-corrected chi connectivity index (χ3v) is 2.40. The number of nitrogens with zero attached hydrogens (tertiary/aromatic N) is 3. The van der Waals surface area contributed by atoms with Gasteiger partial charge in [0, 0.05) is 19.6 Å². The number of nitrogens with two attached hydrogens (primary N) is 1. The zero-order valence-electron chi connectivity index (χ0n) is 10.0. The van der Waals surface area contributed by atoms with Crippen molar-refractivity contribution in [3.63, 3.8) is 0 Å². The second kappa shape index (κ2) is 5.55. The van der Waals surface area contributed by atoms with Crippen molar-refractivity contribution >= 4 is 5.91 Å². The quantitative estimate of drug-likeness (QED) is 0.806. The van der Waals surface area contributed by atoms with Crippen LogP contribution in [0.5, 0.6) is 0 Å². The van der Waals surface area contributed by atoms with E-state index >= 15 is 0 Å². The predicted octanol–water partition coefficient (Wildman–Crippen LogP) is 0.514. The number of carbonyl (C=O) groups is 1. The molecule has 0 aliphatic heterocycles. The lowest BCUT2D eigenvalue weighted by atomic mass is 10.1. The van der Waals surface area contributed by atoms with Crippen molar-refractivity contribution < 1.29 is 4.79 Å². The summed E-state index contributed by atoms with van der Waals surface area (Å²) in [5.74, 6) is -0.0246. The Bertz CT molecular complexity index is 378. The third-order valence-electron chi connectivity index (χ3n) is 2.40. The fourth-order valence-corrected chi connectivity index (χ4v) is 1.50. The van der Waals surface area contributed by atoms with Gasteiger partial charge in [-0.1, -0.05) is 0 Å². The maximum Gasteiger partial charge on any atom is 0.255 e. The van der Waals surface area contributed by atoms with Crippen LogP contribution in [-0.4, -0.2) is 40.6 Å². The molecule has 1 aromatic rings. The summed E-state index contributed by atoms with van der Waals surface area (Å²) in [6, 6.07) is 1.77. The third kappa shape index (κ3) is 2.76. The summed E-state index contributed by atoms with van der Waals surface area (Å²) in [5.41, 5.74) is 7.49.